The van der Waals surface area contributed by atoms with E-state index in [1.54, 1.807) is 14.2 Å². The predicted molar refractivity (Wildman–Crippen MR) is 123 cm³/mol. The zero-order valence-electron chi connectivity index (χ0n) is 18.8. The van der Waals surface area contributed by atoms with Crippen molar-refractivity contribution >= 4 is 5.97 Å². The number of methoxy groups -OCH3 is 3. The number of hydrogen-bond donors (Lipinski definition) is 1. The molecular formula is C25H29N3O4. The highest BCUT2D eigenvalue weighted by molar-refractivity contribution is 5.81. The van der Waals surface area contributed by atoms with Crippen molar-refractivity contribution in [3.63, 3.8) is 0 Å². The van der Waals surface area contributed by atoms with E-state index in [-0.39, 0.29) is 18.4 Å². The van der Waals surface area contributed by atoms with Crippen molar-refractivity contribution in [1.82, 2.24) is 14.9 Å². The Morgan fingerprint density at radius 2 is 1.50 bits per heavy atom. The summed E-state index contributed by atoms with van der Waals surface area (Å²) in [6, 6.07) is 15.7. The van der Waals surface area contributed by atoms with Gasteiger partial charge in [0, 0.05) is 17.0 Å². The molecule has 1 N–H and O–H groups in total. The van der Waals surface area contributed by atoms with Gasteiger partial charge in [-0.3, -0.25) is 4.79 Å². The molecule has 1 aromatic heterocycles. The molecule has 0 radical (unpaired) electrons. The Morgan fingerprint density at radius 1 is 0.938 bits per heavy atom. The van der Waals surface area contributed by atoms with E-state index < -0.39 is 0 Å². The maximum atomic E-state index is 12.4. The minimum absolute atomic E-state index is 0.111. The number of benzene rings is 2. The van der Waals surface area contributed by atoms with Crippen LogP contribution in [0.3, 0.4) is 0 Å². The van der Waals surface area contributed by atoms with Gasteiger partial charge in [-0.1, -0.05) is 0 Å². The van der Waals surface area contributed by atoms with Gasteiger partial charge in [0.15, 0.2) is 0 Å². The first-order chi connectivity index (χ1) is 15.6. The fourth-order valence-corrected chi connectivity index (χ4v) is 4.21. The van der Waals surface area contributed by atoms with Crippen molar-refractivity contribution in [2.45, 2.75) is 25.3 Å². The SMILES string of the molecule is COC(=O)Cn1c(C2CCNCC2)nc(-c2ccc(OC)cc2)c1-c1ccc(OC)cc1. The highest BCUT2D eigenvalue weighted by Crippen LogP contribution is 2.38. The molecule has 7 heteroatoms. The van der Waals surface area contributed by atoms with Crippen LogP contribution in [0.1, 0.15) is 24.6 Å². The molecule has 7 nitrogen and oxygen atoms in total. The summed E-state index contributed by atoms with van der Waals surface area (Å²) < 4.78 is 17.7. The van der Waals surface area contributed by atoms with Gasteiger partial charge in [0.25, 0.3) is 0 Å². The van der Waals surface area contributed by atoms with Crippen molar-refractivity contribution in [2.75, 3.05) is 34.4 Å². The van der Waals surface area contributed by atoms with Crippen LogP contribution in [0.2, 0.25) is 0 Å². The van der Waals surface area contributed by atoms with Gasteiger partial charge >= 0.3 is 5.97 Å². The van der Waals surface area contributed by atoms with E-state index in [0.29, 0.717) is 0 Å². The molecule has 0 atom stereocenters. The van der Waals surface area contributed by atoms with Gasteiger partial charge in [0.1, 0.15) is 23.9 Å². The van der Waals surface area contributed by atoms with Gasteiger partial charge in [-0.15, -0.1) is 0 Å². The van der Waals surface area contributed by atoms with Gasteiger partial charge in [-0.2, -0.15) is 0 Å². The number of carbonyl (C=O) groups is 1. The fraction of sp³-hybridized carbons (Fsp3) is 0.360. The molecule has 0 spiro atoms. The summed E-state index contributed by atoms with van der Waals surface area (Å²) >= 11 is 0. The molecule has 0 bridgehead atoms. The monoisotopic (exact) mass is 435 g/mol. The Hall–Kier alpha value is -3.32. The second-order valence-corrected chi connectivity index (χ2v) is 7.81. The van der Waals surface area contributed by atoms with Crippen LogP contribution in [0.25, 0.3) is 22.5 Å². The molecule has 4 rings (SSSR count). The van der Waals surface area contributed by atoms with E-state index in [9.17, 15) is 4.79 Å². The number of imidazole rings is 1. The topological polar surface area (TPSA) is 74.6 Å². The molecule has 2 heterocycles. The zero-order valence-corrected chi connectivity index (χ0v) is 18.8. The highest BCUT2D eigenvalue weighted by Gasteiger charge is 2.27. The van der Waals surface area contributed by atoms with Crippen LogP contribution in [0.4, 0.5) is 0 Å². The van der Waals surface area contributed by atoms with Gasteiger partial charge < -0.3 is 24.1 Å². The minimum atomic E-state index is -0.298. The third-order valence-corrected chi connectivity index (χ3v) is 5.94. The number of piperidine rings is 1. The second kappa shape index (κ2) is 9.87. The molecular weight excluding hydrogens is 406 g/mol. The molecule has 1 fully saturated rings. The number of nitrogens with zero attached hydrogens (tertiary/aromatic N) is 2. The van der Waals surface area contributed by atoms with Crippen molar-refractivity contribution in [2.24, 2.45) is 0 Å². The van der Waals surface area contributed by atoms with Crippen LogP contribution in [-0.2, 0) is 16.1 Å². The molecule has 0 saturated carbocycles. The quantitative estimate of drug-likeness (QED) is 0.568. The minimum Gasteiger partial charge on any atom is -0.497 e. The first-order valence-corrected chi connectivity index (χ1v) is 10.8. The van der Waals surface area contributed by atoms with E-state index in [4.69, 9.17) is 19.2 Å². The first kappa shape index (κ1) is 21.9. The number of rotatable bonds is 7. The molecule has 3 aromatic rings. The summed E-state index contributed by atoms with van der Waals surface area (Å²) in [5.41, 5.74) is 3.68. The van der Waals surface area contributed by atoms with E-state index in [0.717, 1.165) is 65.8 Å². The number of carbonyl (C=O) groups excluding carboxylic acids is 1. The highest BCUT2D eigenvalue weighted by atomic mass is 16.5. The van der Waals surface area contributed by atoms with E-state index in [1.165, 1.54) is 7.11 Å². The maximum Gasteiger partial charge on any atom is 0.325 e. The number of ether oxygens (including phenoxy) is 3. The number of nitrogens with one attached hydrogen (secondary N) is 1. The van der Waals surface area contributed by atoms with Crippen LogP contribution in [0.15, 0.2) is 48.5 Å². The number of hydrogen-bond acceptors (Lipinski definition) is 6. The van der Waals surface area contributed by atoms with Crippen LogP contribution >= 0.6 is 0 Å². The van der Waals surface area contributed by atoms with E-state index in [2.05, 4.69) is 5.32 Å². The van der Waals surface area contributed by atoms with Gasteiger partial charge in [-0.25, -0.2) is 4.98 Å². The van der Waals surface area contributed by atoms with Crippen LogP contribution < -0.4 is 14.8 Å². The standard InChI is InChI=1S/C25H29N3O4/c1-30-20-8-4-17(5-9-20)23-24(18-6-10-21(31-2)11-7-18)28(16-22(29)32-3)25(27-23)19-12-14-26-15-13-19/h4-11,19,26H,12-16H2,1-3H3. The van der Waals surface area contributed by atoms with Crippen molar-refractivity contribution in [1.29, 1.82) is 0 Å². The lowest BCUT2D eigenvalue weighted by molar-refractivity contribution is -0.141. The van der Waals surface area contributed by atoms with Crippen LogP contribution in [-0.4, -0.2) is 49.9 Å². The average Bonchev–Trinajstić information content (AvgIpc) is 3.23. The Labute approximate surface area is 188 Å². The lowest BCUT2D eigenvalue weighted by Gasteiger charge is -2.23. The molecule has 1 saturated heterocycles. The summed E-state index contributed by atoms with van der Waals surface area (Å²) in [5.74, 6) is 2.46. The Balaban J connectivity index is 1.91. The summed E-state index contributed by atoms with van der Waals surface area (Å²) in [6.07, 6.45) is 1.95. The molecule has 1 aliphatic heterocycles. The normalized spacial score (nSPS) is 14.2. The van der Waals surface area contributed by atoms with Crippen molar-refractivity contribution in [3.8, 4) is 34.0 Å². The maximum absolute atomic E-state index is 12.4. The molecule has 0 unspecified atom stereocenters. The summed E-state index contributed by atoms with van der Waals surface area (Å²) in [6.45, 7) is 1.98. The van der Waals surface area contributed by atoms with E-state index >= 15 is 0 Å². The molecule has 168 valence electrons. The lowest BCUT2D eigenvalue weighted by Crippen LogP contribution is -2.28. The van der Waals surface area contributed by atoms with Crippen LogP contribution in [0.5, 0.6) is 11.5 Å². The van der Waals surface area contributed by atoms with Crippen molar-refractivity contribution in [3.05, 3.63) is 54.4 Å². The lowest BCUT2D eigenvalue weighted by atomic mass is 9.97. The fourth-order valence-electron chi connectivity index (χ4n) is 4.21. The Kier molecular flexibility index (Phi) is 6.75. The Morgan fingerprint density at radius 3 is 2.03 bits per heavy atom. The average molecular weight is 436 g/mol. The zero-order chi connectivity index (χ0) is 22.5. The molecule has 1 aliphatic rings. The Bertz CT molecular complexity index is 1050. The van der Waals surface area contributed by atoms with E-state index in [1.807, 2.05) is 53.1 Å². The molecule has 0 amide bonds. The third-order valence-electron chi connectivity index (χ3n) is 5.94. The largest absolute Gasteiger partial charge is 0.497 e. The van der Waals surface area contributed by atoms with Crippen molar-refractivity contribution < 1.29 is 19.0 Å². The third kappa shape index (κ3) is 4.48. The van der Waals surface area contributed by atoms with Crippen LogP contribution in [0, 0.1) is 0 Å². The molecule has 0 aliphatic carbocycles. The predicted octanol–water partition coefficient (Wildman–Crippen LogP) is 3.87. The number of aromatic nitrogens is 2. The first-order valence-electron chi connectivity index (χ1n) is 10.8. The van der Waals surface area contributed by atoms with Gasteiger partial charge in [0.05, 0.1) is 32.7 Å². The smallest absolute Gasteiger partial charge is 0.325 e. The summed E-state index contributed by atoms with van der Waals surface area (Å²) in [4.78, 5) is 17.5. The van der Waals surface area contributed by atoms with Gasteiger partial charge in [0.2, 0.25) is 0 Å². The number of esters is 1. The molecule has 32 heavy (non-hydrogen) atoms. The molecule has 2 aromatic carbocycles. The summed E-state index contributed by atoms with van der Waals surface area (Å²) in [5, 5.41) is 3.41. The van der Waals surface area contributed by atoms with Gasteiger partial charge in [-0.05, 0) is 74.5 Å². The summed E-state index contributed by atoms with van der Waals surface area (Å²) in [7, 11) is 4.72. The second-order valence-electron chi connectivity index (χ2n) is 7.81.